The van der Waals surface area contributed by atoms with Crippen LogP contribution >= 0.6 is 0 Å². The number of carbonyl (C=O) groups is 6. The number of hydrogen-bond acceptors (Lipinski definition) is 42. The lowest BCUT2D eigenvalue weighted by Gasteiger charge is -2.52. The van der Waals surface area contributed by atoms with Crippen LogP contribution in [0.1, 0.15) is 253 Å². The molecule has 0 aromatic heterocycles. The van der Waals surface area contributed by atoms with E-state index in [1.54, 1.807) is 6.08 Å². The Kier molecular flexibility index (Phi) is 56.5. The molecule has 7 heterocycles. The highest BCUT2D eigenvalue weighted by Crippen LogP contribution is 2.43. The number of amides is 4. The smallest absolute Gasteiger partial charge is 0.364 e. The molecule has 39 atom stereocenters. The molecule has 7 saturated heterocycles. The number of unbranched alkanes of at least 4 members (excludes halogenated alkanes) is 28. The Labute approximate surface area is 839 Å². The molecule has 28 N–H and O–H groups in total. The first-order valence-electron chi connectivity index (χ1n) is 51.4. The number of ether oxygens (including phenoxy) is 14. The number of aliphatic hydroxyl groups is 22. The topological polar surface area (TPSA) is 765 Å². The molecule has 0 aromatic rings. The second kappa shape index (κ2) is 64.6. The lowest BCUT2D eigenvalue weighted by atomic mass is 9.87. The average Bonchev–Trinajstić information content (AvgIpc) is 0.751. The van der Waals surface area contributed by atoms with Crippen LogP contribution in [0.4, 0.5) is 0 Å². The molecule has 7 rings (SSSR count). The molecule has 7 aliphatic rings. The van der Waals surface area contributed by atoms with Crippen LogP contribution in [0.2, 0.25) is 0 Å². The lowest BCUT2D eigenvalue weighted by Crippen LogP contribution is -2.72. The largest absolute Gasteiger partial charge is 0.477 e. The second-order valence-electron chi connectivity index (χ2n) is 38.8. The zero-order valence-electron chi connectivity index (χ0n) is 83.3. The molecule has 144 heavy (non-hydrogen) atoms. The van der Waals surface area contributed by atoms with Gasteiger partial charge in [0.05, 0.1) is 89.3 Å². The summed E-state index contributed by atoms with van der Waals surface area (Å²) in [4.78, 5) is 79.1. The Morgan fingerprint density at radius 3 is 1.17 bits per heavy atom. The molecule has 7 fully saturated rings. The van der Waals surface area contributed by atoms with Crippen molar-refractivity contribution in [3.63, 3.8) is 0 Å². The van der Waals surface area contributed by atoms with Gasteiger partial charge in [0.2, 0.25) is 23.6 Å². The van der Waals surface area contributed by atoms with Crippen LogP contribution in [0.25, 0.3) is 0 Å². The molecule has 836 valence electrons. The maximum Gasteiger partial charge on any atom is 0.364 e. The molecule has 0 bridgehead atoms. The van der Waals surface area contributed by atoms with Crippen LogP contribution in [0, 0.1) is 0 Å². The van der Waals surface area contributed by atoms with Gasteiger partial charge in [0.25, 0.3) is 11.6 Å². The quantitative estimate of drug-likeness (QED) is 0.0204. The molecule has 0 saturated carbocycles. The fourth-order valence-corrected chi connectivity index (χ4v) is 19.2. The monoisotopic (exact) mass is 2080 g/mol. The number of allylic oxidation sites excluding steroid dienone is 3. The molecule has 0 spiro atoms. The Bertz CT molecular complexity index is 3710. The molecule has 0 aliphatic carbocycles. The standard InChI is InChI=1S/C96H168N4O44/c1-6-8-10-12-14-16-18-20-21-22-23-24-25-26-27-29-31-33-35-37-39-41-66(115)100-55(56(111)40-38-36-34-32-30-28-19-17-15-13-11-9-7-2)51-131-89-77(123)75(121)81(64(49-106)135-89)137-90-78(124)76(122)82(65(50-107)136-90)138-91-79(125)86(72(118)61(46-103)133-91)140-88-69(99-54(5)110)83(71(117)60(45-102)132-88)139-92-80(126)87(73(119)62(47-104)134-92)144-96(94(129)130)43-58(113)68(98-53(4)109)85(143-96)74(120)63(48-105)141-95(93(127)128)42-57(112)67(97-52(3)108)84(142-95)70(116)59(114)44-101/h20-21,38,40,55-65,67-92,101-107,111-114,116-126H,6-19,22-37,39,41-51H2,1-5H3,(H,97,108)(H,98,109)(H,99,110)(H,100,115)(H,127,128)(H,129,130)/b21-20-,40-38+/t55-,56+,57?,58?,59+,60?,61?,62?,63+,64?,65?,67+,68+,69?,70+,71-,72-,73-,74+,75+,76+,77?,78?,79?,80?,81+,82-,83+,84?,85?,86-,87-,88-,89+,90-,91-,92-,95+,96-/m0/s1. The van der Waals surface area contributed by atoms with Gasteiger partial charge < -0.3 is 210 Å². The first-order valence-corrected chi connectivity index (χ1v) is 51.4. The molecule has 48 nitrogen and oxygen atoms in total. The van der Waals surface area contributed by atoms with Crippen molar-refractivity contribution >= 4 is 35.6 Å². The van der Waals surface area contributed by atoms with E-state index in [-0.39, 0.29) is 12.3 Å². The molecule has 0 aromatic carbocycles. The highest BCUT2D eigenvalue weighted by Gasteiger charge is 2.64. The van der Waals surface area contributed by atoms with Crippen molar-refractivity contribution in [3.05, 3.63) is 24.3 Å². The Hall–Kier alpha value is -5.14. The van der Waals surface area contributed by atoms with E-state index in [0.717, 1.165) is 85.0 Å². The predicted molar refractivity (Wildman–Crippen MR) is 500 cm³/mol. The van der Waals surface area contributed by atoms with E-state index in [0.29, 0.717) is 12.8 Å². The van der Waals surface area contributed by atoms with Crippen LogP contribution in [0.3, 0.4) is 0 Å². The van der Waals surface area contributed by atoms with E-state index in [2.05, 4.69) is 47.3 Å². The summed E-state index contributed by atoms with van der Waals surface area (Å²) in [5.74, 6) is -14.7. The minimum atomic E-state index is -3.56. The molecular weight excluding hydrogens is 1910 g/mol. The van der Waals surface area contributed by atoms with Gasteiger partial charge in [0, 0.05) is 40.0 Å². The van der Waals surface area contributed by atoms with Crippen LogP contribution in [-0.4, -0.2) is 449 Å². The van der Waals surface area contributed by atoms with Gasteiger partial charge in [-0.1, -0.05) is 192 Å². The number of aliphatic carboxylic acids is 2. The van der Waals surface area contributed by atoms with Crippen LogP contribution in [-0.2, 0) is 95.1 Å². The molecule has 4 amide bonds. The SMILES string of the molecule is CCCCCCCC/C=C\CCCCCCCCCCCCCC(=O)N[C@@H](CO[C@@H]1OC(CO)[C@@H](O[C@@H]2OC(CO)[C@H](O[C@@H]3OC(CO)[C@H](O)[C@H](O[C@@H]4OC(CO)[C@H](O)[C@H](O[C@@H]5OC(CO)[C@H](O)[C@H](O[C@]6(C(=O)O)CC(O)[C@@H](NC(C)=O)C([C@H](O)[C@@H](CO)O[C@]7(C(=O)O)CC(O)[C@@H](NC(C)=O)C([C@H](O)[C@H](O)CO)O7)O6)C5O)C4NC(C)=O)C3O)[C@H](O)C2O)[C@H](O)C1O)[C@H](O)/C=C/CCCCCCCCCCCCC. The Morgan fingerprint density at radius 1 is 0.375 bits per heavy atom. The highest BCUT2D eigenvalue weighted by molar-refractivity contribution is 5.78. The Morgan fingerprint density at radius 2 is 0.729 bits per heavy atom. The number of carbonyl (C=O) groups excluding carboxylic acids is 4. The second-order valence-corrected chi connectivity index (χ2v) is 38.8. The minimum Gasteiger partial charge on any atom is -0.477 e. The maximum absolute atomic E-state index is 13.8. The summed E-state index contributed by atoms with van der Waals surface area (Å²) in [6, 6.07) is -6.99. The summed E-state index contributed by atoms with van der Waals surface area (Å²) < 4.78 is 82.5. The molecule has 14 unspecified atom stereocenters. The summed E-state index contributed by atoms with van der Waals surface area (Å²) in [7, 11) is 0. The zero-order chi connectivity index (χ0) is 106. The van der Waals surface area contributed by atoms with E-state index < -0.39 is 333 Å². The van der Waals surface area contributed by atoms with Crippen molar-refractivity contribution < 1.29 is 218 Å². The van der Waals surface area contributed by atoms with Crippen LogP contribution < -0.4 is 21.3 Å². The average molecular weight is 2080 g/mol. The van der Waals surface area contributed by atoms with E-state index in [1.807, 2.05) is 6.08 Å². The number of carboxylic acids is 2. The van der Waals surface area contributed by atoms with Gasteiger partial charge in [-0.2, -0.15) is 0 Å². The van der Waals surface area contributed by atoms with Crippen molar-refractivity contribution in [3.8, 4) is 0 Å². The molecule has 48 heteroatoms. The van der Waals surface area contributed by atoms with Gasteiger partial charge in [-0.15, -0.1) is 0 Å². The van der Waals surface area contributed by atoms with Crippen molar-refractivity contribution in [2.75, 3.05) is 52.9 Å². The zero-order valence-corrected chi connectivity index (χ0v) is 83.3. The summed E-state index contributed by atoms with van der Waals surface area (Å²) in [6.45, 7) is -1.88. The number of aliphatic hydroxyl groups excluding tert-OH is 22. The van der Waals surface area contributed by atoms with Crippen LogP contribution in [0.5, 0.6) is 0 Å². The van der Waals surface area contributed by atoms with Crippen molar-refractivity contribution in [2.24, 2.45) is 0 Å². The Balaban J connectivity index is 1.01. The van der Waals surface area contributed by atoms with E-state index >= 15 is 0 Å². The van der Waals surface area contributed by atoms with Crippen LogP contribution in [0.15, 0.2) is 24.3 Å². The lowest BCUT2D eigenvalue weighted by molar-refractivity contribution is -0.393. The summed E-state index contributed by atoms with van der Waals surface area (Å²) in [6.07, 6.45) is -31.5. The van der Waals surface area contributed by atoms with E-state index in [9.17, 15) is 151 Å². The highest BCUT2D eigenvalue weighted by atomic mass is 16.8. The van der Waals surface area contributed by atoms with Gasteiger partial charge in [0.15, 0.2) is 31.5 Å². The molecule has 7 aliphatic heterocycles. The van der Waals surface area contributed by atoms with Gasteiger partial charge in [0.1, 0.15) is 159 Å². The minimum absolute atomic E-state index is 0.142. The summed E-state index contributed by atoms with van der Waals surface area (Å²) in [5.41, 5.74) is 0. The fourth-order valence-electron chi connectivity index (χ4n) is 19.2. The third-order valence-electron chi connectivity index (χ3n) is 27.4. The third-order valence-corrected chi connectivity index (χ3v) is 27.4. The summed E-state index contributed by atoms with van der Waals surface area (Å²) in [5, 5.41) is 281. The number of carboxylic acid groups (broad SMARTS) is 2. The fraction of sp³-hybridized carbons (Fsp3) is 0.896. The van der Waals surface area contributed by atoms with Gasteiger partial charge >= 0.3 is 11.9 Å². The van der Waals surface area contributed by atoms with Gasteiger partial charge in [-0.05, 0) is 44.9 Å². The van der Waals surface area contributed by atoms with Gasteiger partial charge in [-0.3, -0.25) is 19.2 Å². The first kappa shape index (κ1) is 126. The van der Waals surface area contributed by atoms with Crippen molar-refractivity contribution in [1.29, 1.82) is 0 Å². The number of hydrogen-bond donors (Lipinski definition) is 28. The third kappa shape index (κ3) is 36.8. The van der Waals surface area contributed by atoms with E-state index in [1.165, 1.54) is 122 Å². The maximum atomic E-state index is 13.8. The normalized spacial score (nSPS) is 35.7. The predicted octanol–water partition coefficient (Wildman–Crippen LogP) is -3.93. The number of nitrogens with one attached hydrogen (secondary N) is 4. The summed E-state index contributed by atoms with van der Waals surface area (Å²) >= 11 is 0. The first-order chi connectivity index (χ1) is 68.8. The van der Waals surface area contributed by atoms with Crippen molar-refractivity contribution in [1.82, 2.24) is 21.3 Å². The molecular formula is C96H168N4O44. The van der Waals surface area contributed by atoms with Crippen molar-refractivity contribution in [2.45, 2.75) is 491 Å². The number of rotatable bonds is 67. The van der Waals surface area contributed by atoms with Gasteiger partial charge in [-0.25, -0.2) is 9.59 Å². The molecule has 0 radical (unpaired) electrons. The van der Waals surface area contributed by atoms with E-state index in [4.69, 9.17) is 66.3 Å².